The van der Waals surface area contributed by atoms with Gasteiger partial charge < -0.3 is 10.1 Å². The van der Waals surface area contributed by atoms with Gasteiger partial charge in [0.1, 0.15) is 17.3 Å². The van der Waals surface area contributed by atoms with Gasteiger partial charge in [-0.25, -0.2) is 4.39 Å². The maximum atomic E-state index is 14.3. The predicted octanol–water partition coefficient (Wildman–Crippen LogP) is 4.20. The SMILES string of the molecule is Fc1ccccc1-c1n[nH]c2cnc(-c3cnccc3OC[C@@H]3CCCNC3)cc12. The minimum atomic E-state index is -0.309. The van der Waals surface area contributed by atoms with Crippen molar-refractivity contribution in [2.24, 2.45) is 5.92 Å². The largest absolute Gasteiger partial charge is 0.492 e. The minimum Gasteiger partial charge on any atom is -0.492 e. The van der Waals surface area contributed by atoms with E-state index in [0.717, 1.165) is 35.3 Å². The fourth-order valence-corrected chi connectivity index (χ4v) is 3.90. The van der Waals surface area contributed by atoms with Crippen molar-refractivity contribution in [2.45, 2.75) is 12.8 Å². The first-order chi connectivity index (χ1) is 14.8. The number of pyridine rings is 2. The Morgan fingerprint density at radius 1 is 1.13 bits per heavy atom. The number of halogens is 1. The Bertz CT molecular complexity index is 1170. The van der Waals surface area contributed by atoms with Gasteiger partial charge >= 0.3 is 0 Å². The van der Waals surface area contributed by atoms with Crippen LogP contribution in [0.15, 0.2) is 55.0 Å². The third-order valence-electron chi connectivity index (χ3n) is 5.51. The van der Waals surface area contributed by atoms with E-state index in [9.17, 15) is 4.39 Å². The predicted molar refractivity (Wildman–Crippen MR) is 114 cm³/mol. The number of aromatic amines is 1. The maximum absolute atomic E-state index is 14.3. The molecule has 0 unspecified atom stereocenters. The van der Waals surface area contributed by atoms with Gasteiger partial charge in [-0.05, 0) is 43.7 Å². The first-order valence-electron chi connectivity index (χ1n) is 10.2. The fourth-order valence-electron chi connectivity index (χ4n) is 3.90. The molecule has 0 amide bonds. The summed E-state index contributed by atoms with van der Waals surface area (Å²) in [6, 6.07) is 10.4. The topological polar surface area (TPSA) is 75.7 Å². The molecular weight excluding hydrogens is 381 g/mol. The molecule has 1 aliphatic rings. The van der Waals surface area contributed by atoms with Gasteiger partial charge in [0.2, 0.25) is 0 Å². The van der Waals surface area contributed by atoms with Crippen LogP contribution >= 0.6 is 0 Å². The molecule has 5 rings (SSSR count). The summed E-state index contributed by atoms with van der Waals surface area (Å²) >= 11 is 0. The highest BCUT2D eigenvalue weighted by Crippen LogP contribution is 2.33. The lowest BCUT2D eigenvalue weighted by Gasteiger charge is -2.23. The zero-order valence-corrected chi connectivity index (χ0v) is 16.4. The number of H-pyrrole nitrogens is 1. The van der Waals surface area contributed by atoms with E-state index in [0.29, 0.717) is 29.5 Å². The van der Waals surface area contributed by atoms with Gasteiger partial charge in [0, 0.05) is 35.8 Å². The molecular formula is C23H22FN5O. The van der Waals surface area contributed by atoms with Gasteiger partial charge in [-0.1, -0.05) is 12.1 Å². The number of ether oxygens (including phenoxy) is 1. The third kappa shape index (κ3) is 3.64. The molecule has 0 bridgehead atoms. The van der Waals surface area contributed by atoms with Gasteiger partial charge in [0.25, 0.3) is 0 Å². The number of nitrogens with one attached hydrogen (secondary N) is 2. The van der Waals surface area contributed by atoms with Crippen LogP contribution in [0.5, 0.6) is 5.75 Å². The normalized spacial score (nSPS) is 16.6. The summed E-state index contributed by atoms with van der Waals surface area (Å²) in [5.41, 5.74) is 3.28. The fraction of sp³-hybridized carbons (Fsp3) is 0.261. The van der Waals surface area contributed by atoms with Crippen LogP contribution in [0.2, 0.25) is 0 Å². The molecule has 1 saturated heterocycles. The first kappa shape index (κ1) is 18.7. The van der Waals surface area contributed by atoms with Gasteiger partial charge in [-0.2, -0.15) is 5.10 Å². The zero-order chi connectivity index (χ0) is 20.3. The average molecular weight is 403 g/mol. The zero-order valence-electron chi connectivity index (χ0n) is 16.4. The van der Waals surface area contributed by atoms with Crippen molar-refractivity contribution in [1.82, 2.24) is 25.5 Å². The van der Waals surface area contributed by atoms with Crippen molar-refractivity contribution >= 4 is 10.9 Å². The lowest BCUT2D eigenvalue weighted by molar-refractivity contribution is 0.219. The van der Waals surface area contributed by atoms with E-state index in [1.807, 2.05) is 12.1 Å². The summed E-state index contributed by atoms with van der Waals surface area (Å²) in [7, 11) is 0. The highest BCUT2D eigenvalue weighted by molar-refractivity contribution is 5.94. The van der Waals surface area contributed by atoms with Crippen LogP contribution in [-0.2, 0) is 0 Å². The molecule has 3 aromatic heterocycles. The van der Waals surface area contributed by atoms with Crippen LogP contribution < -0.4 is 10.1 Å². The Morgan fingerprint density at radius 2 is 2.07 bits per heavy atom. The molecule has 30 heavy (non-hydrogen) atoms. The number of hydrogen-bond acceptors (Lipinski definition) is 5. The Balaban J connectivity index is 1.49. The Labute approximate surface area is 173 Å². The average Bonchev–Trinajstić information content (AvgIpc) is 3.22. The van der Waals surface area contributed by atoms with Crippen molar-refractivity contribution in [2.75, 3.05) is 19.7 Å². The summed E-state index contributed by atoms with van der Waals surface area (Å²) in [5.74, 6) is 0.936. The van der Waals surface area contributed by atoms with Crippen LogP contribution in [0.25, 0.3) is 33.4 Å². The molecule has 0 saturated carbocycles. The van der Waals surface area contributed by atoms with Crippen LogP contribution in [-0.4, -0.2) is 39.9 Å². The number of aromatic nitrogens is 4. The summed E-state index contributed by atoms with van der Waals surface area (Å²) in [5, 5.41) is 11.5. The second kappa shape index (κ2) is 8.20. The number of fused-ring (bicyclic) bond motifs is 1. The van der Waals surface area contributed by atoms with Crippen molar-refractivity contribution in [3.05, 3.63) is 60.8 Å². The van der Waals surface area contributed by atoms with Crippen LogP contribution in [0.4, 0.5) is 4.39 Å². The lowest BCUT2D eigenvalue weighted by atomic mass is 10.0. The number of nitrogens with zero attached hydrogens (tertiary/aromatic N) is 3. The number of rotatable bonds is 5. The quantitative estimate of drug-likeness (QED) is 0.522. The van der Waals surface area contributed by atoms with E-state index in [4.69, 9.17) is 4.74 Å². The molecule has 2 N–H and O–H groups in total. The molecule has 0 radical (unpaired) electrons. The molecule has 152 valence electrons. The third-order valence-corrected chi connectivity index (χ3v) is 5.51. The standard InChI is InChI=1S/C23H22FN5O/c24-19-6-2-1-5-16(19)23-17-10-20(27-13-21(17)28-29-23)18-12-26-9-7-22(18)30-14-15-4-3-8-25-11-15/h1-2,5-7,9-10,12-13,15,25H,3-4,8,11,14H2,(H,28,29)/t15-/m1/s1. The molecule has 6 nitrogen and oxygen atoms in total. The van der Waals surface area contributed by atoms with Crippen molar-refractivity contribution in [3.8, 4) is 28.3 Å². The molecule has 0 spiro atoms. The maximum Gasteiger partial charge on any atom is 0.132 e. The molecule has 0 aliphatic carbocycles. The molecule has 4 aromatic rings. The number of benzene rings is 1. The highest BCUT2D eigenvalue weighted by atomic mass is 19.1. The Morgan fingerprint density at radius 3 is 2.93 bits per heavy atom. The molecule has 7 heteroatoms. The van der Waals surface area contributed by atoms with Crippen molar-refractivity contribution in [1.29, 1.82) is 0 Å². The second-order valence-corrected chi connectivity index (χ2v) is 7.56. The molecule has 4 heterocycles. The molecule has 1 atom stereocenters. The van der Waals surface area contributed by atoms with Crippen LogP contribution in [0.3, 0.4) is 0 Å². The number of hydrogen-bond donors (Lipinski definition) is 2. The van der Waals surface area contributed by atoms with E-state index in [-0.39, 0.29) is 5.82 Å². The van der Waals surface area contributed by atoms with Gasteiger partial charge in [-0.15, -0.1) is 0 Å². The second-order valence-electron chi connectivity index (χ2n) is 7.56. The summed E-state index contributed by atoms with van der Waals surface area (Å²) in [6.45, 7) is 2.71. The minimum absolute atomic E-state index is 0.309. The smallest absolute Gasteiger partial charge is 0.132 e. The van der Waals surface area contributed by atoms with E-state index in [2.05, 4.69) is 25.5 Å². The lowest BCUT2D eigenvalue weighted by Crippen LogP contribution is -2.33. The highest BCUT2D eigenvalue weighted by Gasteiger charge is 2.17. The van der Waals surface area contributed by atoms with Crippen molar-refractivity contribution in [3.63, 3.8) is 0 Å². The van der Waals surface area contributed by atoms with Gasteiger partial charge in [0.05, 0.1) is 29.6 Å². The summed E-state index contributed by atoms with van der Waals surface area (Å²) in [4.78, 5) is 8.83. The Hall–Kier alpha value is -3.32. The van der Waals surface area contributed by atoms with Crippen LogP contribution in [0, 0.1) is 11.7 Å². The van der Waals surface area contributed by atoms with E-state index in [1.54, 1.807) is 36.8 Å². The first-order valence-corrected chi connectivity index (χ1v) is 10.2. The van der Waals surface area contributed by atoms with Crippen molar-refractivity contribution < 1.29 is 9.13 Å². The van der Waals surface area contributed by atoms with E-state index >= 15 is 0 Å². The Kier molecular flexibility index (Phi) is 5.11. The van der Waals surface area contributed by atoms with E-state index in [1.165, 1.54) is 18.9 Å². The van der Waals surface area contributed by atoms with Gasteiger partial charge in [-0.3, -0.25) is 15.1 Å². The molecule has 1 aromatic carbocycles. The molecule has 1 fully saturated rings. The summed E-state index contributed by atoms with van der Waals surface area (Å²) < 4.78 is 20.5. The number of piperidine rings is 1. The van der Waals surface area contributed by atoms with Crippen LogP contribution in [0.1, 0.15) is 12.8 Å². The van der Waals surface area contributed by atoms with E-state index < -0.39 is 0 Å². The molecule has 1 aliphatic heterocycles. The summed E-state index contributed by atoms with van der Waals surface area (Å²) in [6.07, 6.45) is 7.53. The monoisotopic (exact) mass is 403 g/mol. The van der Waals surface area contributed by atoms with Gasteiger partial charge in [0.15, 0.2) is 0 Å².